The van der Waals surface area contributed by atoms with E-state index < -0.39 is 0 Å². The molecule has 0 radical (unpaired) electrons. The minimum Gasteiger partial charge on any atom is -0.285 e. The fraction of sp³-hybridized carbons (Fsp3) is 0.500. The predicted molar refractivity (Wildman–Crippen MR) is 65.9 cm³/mol. The van der Waals surface area contributed by atoms with Gasteiger partial charge in [-0.2, -0.15) is 5.10 Å². The Morgan fingerprint density at radius 1 is 1.53 bits per heavy atom. The summed E-state index contributed by atoms with van der Waals surface area (Å²) in [5.41, 5.74) is 0.959. The zero-order chi connectivity index (χ0) is 12.1. The molecule has 0 fully saturated rings. The van der Waals surface area contributed by atoms with Crippen LogP contribution in [0.15, 0.2) is 22.3 Å². The Morgan fingerprint density at radius 2 is 2.41 bits per heavy atom. The maximum atomic E-state index is 11.5. The number of nitrogens with zero attached hydrogens (tertiary/aromatic N) is 3. The molecule has 0 amide bonds. The zero-order valence-electron chi connectivity index (χ0n) is 9.64. The third kappa shape index (κ3) is 3.00. The van der Waals surface area contributed by atoms with E-state index in [0.29, 0.717) is 0 Å². The molecule has 0 saturated carbocycles. The smallest absolute Gasteiger partial charge is 0.285 e. The third-order valence-corrected chi connectivity index (χ3v) is 3.43. The van der Waals surface area contributed by atoms with Crippen molar-refractivity contribution < 1.29 is 0 Å². The van der Waals surface area contributed by atoms with Crippen LogP contribution in [0.5, 0.6) is 0 Å². The molecular weight excluding hydrogens is 238 g/mol. The molecule has 92 valence electrons. The summed E-state index contributed by atoms with van der Waals surface area (Å²) in [4.78, 5) is 11.5. The molecule has 6 nitrogen and oxygen atoms in total. The SMILES string of the molecule is CCCCn1c(SCc2cn[nH]c2)n[nH]c1=O. The number of unbranched alkanes of at least 4 members (excludes halogenated alkanes) is 1. The Bertz CT molecular complexity index is 501. The van der Waals surface area contributed by atoms with Crippen molar-refractivity contribution in [1.82, 2.24) is 25.0 Å². The number of aromatic amines is 2. The first-order valence-electron chi connectivity index (χ1n) is 5.57. The monoisotopic (exact) mass is 253 g/mol. The average molecular weight is 253 g/mol. The number of H-pyrrole nitrogens is 2. The molecule has 0 aliphatic rings. The Labute approximate surface area is 103 Å². The topological polar surface area (TPSA) is 79.4 Å². The van der Waals surface area contributed by atoms with Gasteiger partial charge in [0.2, 0.25) is 0 Å². The second kappa shape index (κ2) is 5.72. The van der Waals surface area contributed by atoms with Crippen molar-refractivity contribution in [2.45, 2.75) is 37.2 Å². The van der Waals surface area contributed by atoms with Crippen LogP contribution in [-0.2, 0) is 12.3 Å². The summed E-state index contributed by atoms with van der Waals surface area (Å²) in [6, 6.07) is 0. The number of nitrogens with one attached hydrogen (secondary N) is 2. The number of aromatic nitrogens is 5. The maximum Gasteiger partial charge on any atom is 0.343 e. The first kappa shape index (κ1) is 12.0. The number of rotatable bonds is 6. The van der Waals surface area contributed by atoms with Gasteiger partial charge in [0.15, 0.2) is 5.16 Å². The summed E-state index contributed by atoms with van der Waals surface area (Å²) in [5.74, 6) is 0.757. The van der Waals surface area contributed by atoms with Gasteiger partial charge in [0.25, 0.3) is 0 Å². The Hall–Kier alpha value is -1.50. The molecule has 2 N–H and O–H groups in total. The van der Waals surface area contributed by atoms with Crippen LogP contribution < -0.4 is 5.69 Å². The van der Waals surface area contributed by atoms with Crippen LogP contribution in [0.3, 0.4) is 0 Å². The summed E-state index contributed by atoms with van der Waals surface area (Å²) in [5, 5.41) is 13.9. The molecular formula is C10H15N5OS. The van der Waals surface area contributed by atoms with Gasteiger partial charge in [-0.3, -0.25) is 9.67 Å². The van der Waals surface area contributed by atoms with Crippen LogP contribution in [0.2, 0.25) is 0 Å². The standard InChI is InChI=1S/C10H15N5OS/c1-2-3-4-15-9(16)13-14-10(15)17-7-8-5-11-12-6-8/h5-6H,2-4,7H2,1H3,(H,11,12)(H,13,16). The van der Waals surface area contributed by atoms with Crippen molar-refractivity contribution in [3.8, 4) is 0 Å². The van der Waals surface area contributed by atoms with Crippen molar-refractivity contribution >= 4 is 11.8 Å². The number of thioether (sulfide) groups is 1. The van der Waals surface area contributed by atoms with Crippen LogP contribution in [0.1, 0.15) is 25.3 Å². The normalized spacial score (nSPS) is 10.9. The fourth-order valence-corrected chi connectivity index (χ4v) is 2.33. The second-order valence-electron chi connectivity index (χ2n) is 3.71. The van der Waals surface area contributed by atoms with E-state index in [1.54, 1.807) is 10.8 Å². The Balaban J connectivity index is 2.02. The van der Waals surface area contributed by atoms with E-state index in [-0.39, 0.29) is 5.69 Å². The van der Waals surface area contributed by atoms with Crippen LogP contribution in [0.25, 0.3) is 0 Å². The summed E-state index contributed by atoms with van der Waals surface area (Å²) < 4.78 is 1.69. The van der Waals surface area contributed by atoms with E-state index in [4.69, 9.17) is 0 Å². The van der Waals surface area contributed by atoms with Gasteiger partial charge in [0.1, 0.15) is 0 Å². The van der Waals surface area contributed by atoms with E-state index in [1.807, 2.05) is 6.20 Å². The molecule has 0 bridgehead atoms. The van der Waals surface area contributed by atoms with Gasteiger partial charge in [-0.1, -0.05) is 25.1 Å². The third-order valence-electron chi connectivity index (χ3n) is 2.38. The molecule has 0 aliphatic carbocycles. The summed E-state index contributed by atoms with van der Waals surface area (Å²) in [6.45, 7) is 2.82. The lowest BCUT2D eigenvalue weighted by Crippen LogP contribution is -2.17. The highest BCUT2D eigenvalue weighted by Crippen LogP contribution is 2.18. The van der Waals surface area contributed by atoms with Gasteiger partial charge in [-0.05, 0) is 6.42 Å². The molecule has 7 heteroatoms. The first-order chi connectivity index (χ1) is 8.31. The molecule has 0 atom stereocenters. The molecule has 0 aromatic carbocycles. The highest BCUT2D eigenvalue weighted by atomic mass is 32.2. The lowest BCUT2D eigenvalue weighted by molar-refractivity contribution is 0.573. The summed E-state index contributed by atoms with van der Waals surface area (Å²) in [6.07, 6.45) is 5.66. The lowest BCUT2D eigenvalue weighted by atomic mass is 10.3. The maximum absolute atomic E-state index is 11.5. The van der Waals surface area contributed by atoms with E-state index in [9.17, 15) is 4.79 Å². The van der Waals surface area contributed by atoms with Crippen molar-refractivity contribution in [3.63, 3.8) is 0 Å². The van der Waals surface area contributed by atoms with E-state index in [1.165, 1.54) is 11.8 Å². The molecule has 2 rings (SSSR count). The van der Waals surface area contributed by atoms with Gasteiger partial charge in [-0.25, -0.2) is 9.89 Å². The minimum absolute atomic E-state index is 0.131. The van der Waals surface area contributed by atoms with Crippen LogP contribution >= 0.6 is 11.8 Å². The van der Waals surface area contributed by atoms with E-state index in [2.05, 4.69) is 27.3 Å². The number of hydrogen-bond acceptors (Lipinski definition) is 4. The Kier molecular flexibility index (Phi) is 4.03. The van der Waals surface area contributed by atoms with Crippen LogP contribution in [-0.4, -0.2) is 25.0 Å². The zero-order valence-corrected chi connectivity index (χ0v) is 10.5. The van der Waals surface area contributed by atoms with Gasteiger partial charge >= 0.3 is 5.69 Å². The molecule has 0 aliphatic heterocycles. The lowest BCUT2D eigenvalue weighted by Gasteiger charge is -2.03. The molecule has 17 heavy (non-hydrogen) atoms. The van der Waals surface area contributed by atoms with E-state index >= 15 is 0 Å². The van der Waals surface area contributed by atoms with E-state index in [0.717, 1.165) is 35.9 Å². The summed E-state index contributed by atoms with van der Waals surface area (Å²) >= 11 is 1.54. The van der Waals surface area contributed by atoms with Gasteiger partial charge < -0.3 is 0 Å². The molecule has 2 aromatic heterocycles. The molecule has 2 heterocycles. The van der Waals surface area contributed by atoms with Crippen LogP contribution in [0, 0.1) is 0 Å². The number of hydrogen-bond donors (Lipinski definition) is 2. The largest absolute Gasteiger partial charge is 0.343 e. The second-order valence-corrected chi connectivity index (χ2v) is 4.65. The highest BCUT2D eigenvalue weighted by Gasteiger charge is 2.08. The molecule has 0 spiro atoms. The predicted octanol–water partition coefficient (Wildman–Crippen LogP) is 1.39. The molecule has 0 saturated heterocycles. The van der Waals surface area contributed by atoms with Crippen molar-refractivity contribution in [2.24, 2.45) is 0 Å². The van der Waals surface area contributed by atoms with Crippen LogP contribution in [0.4, 0.5) is 0 Å². The van der Waals surface area contributed by atoms with Gasteiger partial charge in [0, 0.05) is 24.1 Å². The Morgan fingerprint density at radius 3 is 3.12 bits per heavy atom. The van der Waals surface area contributed by atoms with Crippen molar-refractivity contribution in [3.05, 3.63) is 28.4 Å². The fourth-order valence-electron chi connectivity index (χ4n) is 1.43. The minimum atomic E-state index is -0.131. The summed E-state index contributed by atoms with van der Waals surface area (Å²) in [7, 11) is 0. The molecule has 0 unspecified atom stereocenters. The highest BCUT2D eigenvalue weighted by molar-refractivity contribution is 7.98. The van der Waals surface area contributed by atoms with Crippen molar-refractivity contribution in [1.29, 1.82) is 0 Å². The van der Waals surface area contributed by atoms with Gasteiger partial charge in [0.05, 0.1) is 6.20 Å². The molecule has 2 aromatic rings. The first-order valence-corrected chi connectivity index (χ1v) is 6.55. The average Bonchev–Trinajstić information content (AvgIpc) is 2.94. The van der Waals surface area contributed by atoms with Gasteiger partial charge in [-0.15, -0.1) is 5.10 Å². The quantitative estimate of drug-likeness (QED) is 0.762. The van der Waals surface area contributed by atoms with Crippen molar-refractivity contribution in [2.75, 3.05) is 0 Å².